The van der Waals surface area contributed by atoms with Gasteiger partial charge in [-0.05, 0) is 30.5 Å². The third kappa shape index (κ3) is 3.80. The predicted octanol–water partition coefficient (Wildman–Crippen LogP) is 2.11. The number of nitrogens with one attached hydrogen (secondary N) is 1. The second kappa shape index (κ2) is 7.52. The molecule has 1 aliphatic carbocycles. The van der Waals surface area contributed by atoms with Crippen LogP contribution in [0.2, 0.25) is 0 Å². The lowest BCUT2D eigenvalue weighted by Gasteiger charge is -2.28. The molecule has 21 heavy (non-hydrogen) atoms. The van der Waals surface area contributed by atoms with Gasteiger partial charge in [0.25, 0.3) is 0 Å². The molecular weight excluding hydrogens is 270 g/mol. The summed E-state index contributed by atoms with van der Waals surface area (Å²) in [5, 5.41) is 13.4. The summed E-state index contributed by atoms with van der Waals surface area (Å²) in [5.41, 5.74) is 1.04. The highest BCUT2D eigenvalue weighted by atomic mass is 16.5. The van der Waals surface area contributed by atoms with Crippen LogP contribution in [0.3, 0.4) is 0 Å². The molecule has 118 valence electrons. The summed E-state index contributed by atoms with van der Waals surface area (Å²) in [4.78, 5) is 0. The molecule has 1 fully saturated rings. The Hall–Kier alpha value is -1.46. The molecule has 5 nitrogen and oxygen atoms in total. The van der Waals surface area contributed by atoms with E-state index in [1.165, 1.54) is 6.42 Å². The number of methoxy groups -OCH3 is 3. The molecule has 1 aromatic carbocycles. The maximum atomic E-state index is 10.00. The quantitative estimate of drug-likeness (QED) is 0.841. The SMILES string of the molecule is COc1cc(CNC2CCCCC2O)cc(OC)c1OC. The zero-order valence-corrected chi connectivity index (χ0v) is 13.0. The number of ether oxygens (including phenoxy) is 3. The standard InChI is InChI=1S/C16H25NO4/c1-19-14-8-11(9-15(20-2)16(14)21-3)10-17-12-6-4-5-7-13(12)18/h8-9,12-13,17-18H,4-7,10H2,1-3H3. The van der Waals surface area contributed by atoms with Crippen LogP contribution < -0.4 is 19.5 Å². The summed E-state index contributed by atoms with van der Waals surface area (Å²) in [6, 6.07) is 4.03. The van der Waals surface area contributed by atoms with Crippen molar-refractivity contribution in [1.82, 2.24) is 5.32 Å². The Kier molecular flexibility index (Phi) is 5.70. The van der Waals surface area contributed by atoms with Crippen molar-refractivity contribution in [2.75, 3.05) is 21.3 Å². The highest BCUT2D eigenvalue weighted by Crippen LogP contribution is 2.38. The van der Waals surface area contributed by atoms with Crippen molar-refractivity contribution in [3.63, 3.8) is 0 Å². The largest absolute Gasteiger partial charge is 0.493 e. The van der Waals surface area contributed by atoms with Gasteiger partial charge in [0.1, 0.15) is 0 Å². The van der Waals surface area contributed by atoms with Gasteiger partial charge in [-0.2, -0.15) is 0 Å². The fraction of sp³-hybridized carbons (Fsp3) is 0.625. The third-order valence-corrected chi connectivity index (χ3v) is 4.02. The second-order valence-corrected chi connectivity index (χ2v) is 5.37. The Bertz CT molecular complexity index is 439. The van der Waals surface area contributed by atoms with Gasteiger partial charge in [0.05, 0.1) is 27.4 Å². The number of benzene rings is 1. The van der Waals surface area contributed by atoms with Crippen LogP contribution in [0, 0.1) is 0 Å². The van der Waals surface area contributed by atoms with Gasteiger partial charge in [0.2, 0.25) is 5.75 Å². The normalized spacial score (nSPS) is 21.9. The number of hydrogen-bond acceptors (Lipinski definition) is 5. The lowest BCUT2D eigenvalue weighted by atomic mass is 9.92. The second-order valence-electron chi connectivity index (χ2n) is 5.37. The van der Waals surface area contributed by atoms with Gasteiger partial charge < -0.3 is 24.6 Å². The van der Waals surface area contributed by atoms with Crippen molar-refractivity contribution >= 4 is 0 Å². The Morgan fingerprint density at radius 2 is 1.67 bits per heavy atom. The van der Waals surface area contributed by atoms with Crippen LogP contribution in [0.4, 0.5) is 0 Å². The van der Waals surface area contributed by atoms with Crippen molar-refractivity contribution in [3.05, 3.63) is 17.7 Å². The zero-order valence-electron chi connectivity index (χ0n) is 13.0. The van der Waals surface area contributed by atoms with Crippen LogP contribution in [-0.2, 0) is 6.54 Å². The maximum absolute atomic E-state index is 10.00. The molecule has 1 aliphatic rings. The lowest BCUT2D eigenvalue weighted by molar-refractivity contribution is 0.0902. The van der Waals surface area contributed by atoms with Gasteiger partial charge in [-0.3, -0.25) is 0 Å². The fourth-order valence-corrected chi connectivity index (χ4v) is 2.84. The average molecular weight is 295 g/mol. The van der Waals surface area contributed by atoms with E-state index in [9.17, 15) is 5.11 Å². The summed E-state index contributed by atoms with van der Waals surface area (Å²) < 4.78 is 16.0. The minimum absolute atomic E-state index is 0.165. The Morgan fingerprint density at radius 1 is 1.05 bits per heavy atom. The highest BCUT2D eigenvalue weighted by Gasteiger charge is 2.22. The Morgan fingerprint density at radius 3 is 2.19 bits per heavy atom. The molecule has 0 spiro atoms. The summed E-state index contributed by atoms with van der Waals surface area (Å²) in [7, 11) is 4.81. The van der Waals surface area contributed by atoms with E-state index in [0.717, 1.165) is 24.8 Å². The number of aliphatic hydroxyl groups is 1. The van der Waals surface area contributed by atoms with E-state index in [1.54, 1.807) is 21.3 Å². The molecule has 0 heterocycles. The van der Waals surface area contributed by atoms with Gasteiger partial charge in [-0.25, -0.2) is 0 Å². The van der Waals surface area contributed by atoms with Gasteiger partial charge in [-0.1, -0.05) is 12.8 Å². The molecule has 0 aliphatic heterocycles. The van der Waals surface area contributed by atoms with Crippen LogP contribution in [-0.4, -0.2) is 38.6 Å². The van der Waals surface area contributed by atoms with Crippen molar-refractivity contribution < 1.29 is 19.3 Å². The first kappa shape index (κ1) is 15.9. The predicted molar refractivity (Wildman–Crippen MR) is 81.2 cm³/mol. The van der Waals surface area contributed by atoms with E-state index in [4.69, 9.17) is 14.2 Å². The van der Waals surface area contributed by atoms with E-state index < -0.39 is 0 Å². The minimum atomic E-state index is -0.249. The lowest BCUT2D eigenvalue weighted by Crippen LogP contribution is -2.41. The van der Waals surface area contributed by atoms with Crippen molar-refractivity contribution in [2.45, 2.75) is 44.4 Å². The number of hydrogen-bond donors (Lipinski definition) is 2. The summed E-state index contributed by atoms with van der Waals surface area (Å²) in [6.07, 6.45) is 3.94. The summed E-state index contributed by atoms with van der Waals surface area (Å²) >= 11 is 0. The molecule has 2 atom stereocenters. The van der Waals surface area contributed by atoms with Crippen molar-refractivity contribution in [1.29, 1.82) is 0 Å². The molecule has 0 saturated heterocycles. The van der Waals surface area contributed by atoms with Gasteiger partial charge >= 0.3 is 0 Å². The summed E-state index contributed by atoms with van der Waals surface area (Å²) in [6.45, 7) is 0.665. The molecule has 2 rings (SSSR count). The van der Waals surface area contributed by atoms with E-state index >= 15 is 0 Å². The summed E-state index contributed by atoms with van der Waals surface area (Å²) in [5.74, 6) is 1.90. The van der Waals surface area contributed by atoms with E-state index in [1.807, 2.05) is 12.1 Å². The number of rotatable bonds is 6. The monoisotopic (exact) mass is 295 g/mol. The van der Waals surface area contributed by atoms with Crippen LogP contribution >= 0.6 is 0 Å². The van der Waals surface area contributed by atoms with E-state index in [2.05, 4.69) is 5.32 Å². The molecule has 0 bridgehead atoms. The fourth-order valence-electron chi connectivity index (χ4n) is 2.84. The molecule has 2 N–H and O–H groups in total. The molecule has 1 aromatic rings. The molecule has 0 amide bonds. The van der Waals surface area contributed by atoms with Gasteiger partial charge in [0.15, 0.2) is 11.5 Å². The first-order chi connectivity index (χ1) is 10.2. The molecule has 5 heteroatoms. The molecule has 0 aromatic heterocycles. The average Bonchev–Trinajstić information content (AvgIpc) is 2.52. The van der Waals surface area contributed by atoms with Crippen LogP contribution in [0.1, 0.15) is 31.2 Å². The van der Waals surface area contributed by atoms with E-state index in [-0.39, 0.29) is 12.1 Å². The smallest absolute Gasteiger partial charge is 0.203 e. The number of aliphatic hydroxyl groups excluding tert-OH is 1. The molecule has 0 radical (unpaired) electrons. The zero-order chi connectivity index (χ0) is 15.2. The van der Waals surface area contributed by atoms with Gasteiger partial charge in [0, 0.05) is 12.6 Å². The Labute approximate surface area is 126 Å². The van der Waals surface area contributed by atoms with Crippen LogP contribution in [0.25, 0.3) is 0 Å². The Balaban J connectivity index is 2.09. The van der Waals surface area contributed by atoms with Crippen LogP contribution in [0.5, 0.6) is 17.2 Å². The topological polar surface area (TPSA) is 60.0 Å². The molecular formula is C16H25NO4. The maximum Gasteiger partial charge on any atom is 0.203 e. The first-order valence-corrected chi connectivity index (χ1v) is 7.40. The van der Waals surface area contributed by atoms with Crippen LogP contribution in [0.15, 0.2) is 12.1 Å². The molecule has 2 unspecified atom stereocenters. The first-order valence-electron chi connectivity index (χ1n) is 7.40. The molecule has 1 saturated carbocycles. The van der Waals surface area contributed by atoms with Crippen molar-refractivity contribution in [3.8, 4) is 17.2 Å². The highest BCUT2D eigenvalue weighted by molar-refractivity contribution is 5.53. The minimum Gasteiger partial charge on any atom is -0.493 e. The van der Waals surface area contributed by atoms with Gasteiger partial charge in [-0.15, -0.1) is 0 Å². The van der Waals surface area contributed by atoms with Crippen molar-refractivity contribution in [2.24, 2.45) is 0 Å². The third-order valence-electron chi connectivity index (χ3n) is 4.02. The van der Waals surface area contributed by atoms with E-state index in [0.29, 0.717) is 23.8 Å².